The van der Waals surface area contributed by atoms with Crippen LogP contribution in [0.1, 0.15) is 36.7 Å². The monoisotopic (exact) mass is 292 g/mol. The van der Waals surface area contributed by atoms with Gasteiger partial charge in [0, 0.05) is 12.2 Å². The maximum Gasteiger partial charge on any atom is 0.419 e. The number of carbonyl (C=O) groups is 1. The van der Waals surface area contributed by atoms with Crippen LogP contribution in [-0.2, 0) is 10.9 Å². The number of hydrogen-bond donors (Lipinski definition) is 0. The Balaban J connectivity index is 3.17. The maximum absolute atomic E-state index is 13.2. The van der Waals surface area contributed by atoms with Crippen molar-refractivity contribution in [1.29, 1.82) is 0 Å². The van der Waals surface area contributed by atoms with Crippen LogP contribution in [0.4, 0.5) is 17.6 Å². The van der Waals surface area contributed by atoms with Crippen LogP contribution in [0.25, 0.3) is 0 Å². The first kappa shape index (κ1) is 16.6. The zero-order chi connectivity index (χ0) is 15.5. The van der Waals surface area contributed by atoms with Crippen LogP contribution in [0, 0.1) is 11.7 Å². The molecule has 112 valence electrons. The van der Waals surface area contributed by atoms with E-state index in [2.05, 4.69) is 0 Å². The second-order valence-electron chi connectivity index (χ2n) is 4.68. The lowest BCUT2D eigenvalue weighted by Crippen LogP contribution is -2.30. The number of Topliss-reactive ketones (excluding diaryl/α,β-unsaturated/α-hetero) is 1. The van der Waals surface area contributed by atoms with Gasteiger partial charge in [0.2, 0.25) is 0 Å². The molecule has 0 amide bonds. The molecule has 0 saturated carbocycles. The highest BCUT2D eigenvalue weighted by Gasteiger charge is 2.35. The third kappa shape index (κ3) is 3.79. The van der Waals surface area contributed by atoms with E-state index in [1.807, 2.05) is 0 Å². The normalized spacial score (nSPS) is 13.6. The minimum absolute atomic E-state index is 0.193. The molecule has 0 aromatic heterocycles. The average molecular weight is 292 g/mol. The topological polar surface area (TPSA) is 26.3 Å². The third-order valence-corrected chi connectivity index (χ3v) is 2.77. The summed E-state index contributed by atoms with van der Waals surface area (Å²) < 4.78 is 56.3. The Kier molecular flexibility index (Phi) is 5.28. The lowest BCUT2D eigenvalue weighted by atomic mass is 9.96. The summed E-state index contributed by atoms with van der Waals surface area (Å²) in [6, 6.07) is 2.23. The van der Waals surface area contributed by atoms with Crippen molar-refractivity contribution in [2.75, 3.05) is 6.61 Å². The maximum atomic E-state index is 13.2. The van der Waals surface area contributed by atoms with Crippen LogP contribution in [-0.4, -0.2) is 18.5 Å². The van der Waals surface area contributed by atoms with Crippen molar-refractivity contribution in [3.63, 3.8) is 0 Å². The minimum Gasteiger partial charge on any atom is -0.370 e. The Morgan fingerprint density at radius 1 is 1.30 bits per heavy atom. The van der Waals surface area contributed by atoms with E-state index in [1.165, 1.54) is 0 Å². The molecule has 0 bridgehead atoms. The first-order valence-corrected chi connectivity index (χ1v) is 6.21. The summed E-state index contributed by atoms with van der Waals surface area (Å²) in [4.78, 5) is 12.2. The molecule has 0 fully saturated rings. The standard InChI is InChI=1S/C14H16F4O2/c1-4-20-13(8(2)3)12(19)9-5-6-11(15)10(7-9)14(16,17)18/h5-8,13H,4H2,1-3H3. The quantitative estimate of drug-likeness (QED) is 0.603. The van der Waals surface area contributed by atoms with E-state index in [0.717, 1.165) is 6.07 Å². The Morgan fingerprint density at radius 3 is 2.35 bits per heavy atom. The van der Waals surface area contributed by atoms with Gasteiger partial charge in [0.05, 0.1) is 5.56 Å². The van der Waals surface area contributed by atoms with Gasteiger partial charge in [-0.3, -0.25) is 4.79 Å². The van der Waals surface area contributed by atoms with E-state index in [0.29, 0.717) is 12.1 Å². The van der Waals surface area contributed by atoms with E-state index < -0.39 is 29.4 Å². The van der Waals surface area contributed by atoms with Crippen molar-refractivity contribution in [1.82, 2.24) is 0 Å². The van der Waals surface area contributed by atoms with E-state index in [9.17, 15) is 22.4 Å². The molecule has 0 radical (unpaired) electrons. The summed E-state index contributed by atoms with van der Waals surface area (Å²) in [5, 5.41) is 0. The van der Waals surface area contributed by atoms with Crippen LogP contribution in [0.15, 0.2) is 18.2 Å². The molecule has 2 nitrogen and oxygen atoms in total. The van der Waals surface area contributed by atoms with E-state index in [4.69, 9.17) is 4.74 Å². The number of benzene rings is 1. The van der Waals surface area contributed by atoms with Gasteiger partial charge in [0.15, 0.2) is 5.78 Å². The summed E-state index contributed by atoms with van der Waals surface area (Å²) in [6.45, 7) is 5.41. The molecular weight excluding hydrogens is 276 g/mol. The summed E-state index contributed by atoms with van der Waals surface area (Å²) in [7, 11) is 0. The Bertz CT molecular complexity index is 481. The number of halogens is 4. The molecule has 0 aliphatic rings. The average Bonchev–Trinajstić information content (AvgIpc) is 2.34. The van der Waals surface area contributed by atoms with Gasteiger partial charge in [-0.1, -0.05) is 13.8 Å². The van der Waals surface area contributed by atoms with Crippen LogP contribution >= 0.6 is 0 Å². The zero-order valence-electron chi connectivity index (χ0n) is 11.4. The van der Waals surface area contributed by atoms with Crippen LogP contribution < -0.4 is 0 Å². The van der Waals surface area contributed by atoms with Crippen molar-refractivity contribution in [2.24, 2.45) is 5.92 Å². The van der Waals surface area contributed by atoms with Crippen LogP contribution in [0.5, 0.6) is 0 Å². The molecular formula is C14H16F4O2. The SMILES string of the molecule is CCOC(C(=O)c1ccc(F)c(C(F)(F)F)c1)C(C)C. The lowest BCUT2D eigenvalue weighted by Gasteiger charge is -2.20. The molecule has 0 spiro atoms. The number of ketones is 1. The van der Waals surface area contributed by atoms with Crippen molar-refractivity contribution >= 4 is 5.78 Å². The Labute approximate surface area is 114 Å². The fourth-order valence-corrected chi connectivity index (χ4v) is 1.81. The number of rotatable bonds is 5. The predicted octanol–water partition coefficient (Wildman–Crippen LogP) is 4.09. The molecule has 0 saturated heterocycles. The zero-order valence-corrected chi connectivity index (χ0v) is 11.4. The molecule has 1 atom stereocenters. The van der Waals surface area contributed by atoms with Gasteiger partial charge in [0.1, 0.15) is 11.9 Å². The molecule has 0 aliphatic carbocycles. The molecule has 1 rings (SSSR count). The number of alkyl halides is 3. The van der Waals surface area contributed by atoms with Crippen molar-refractivity contribution in [3.8, 4) is 0 Å². The lowest BCUT2D eigenvalue weighted by molar-refractivity contribution is -0.140. The highest BCUT2D eigenvalue weighted by atomic mass is 19.4. The van der Waals surface area contributed by atoms with Crippen LogP contribution in [0.3, 0.4) is 0 Å². The van der Waals surface area contributed by atoms with Gasteiger partial charge in [-0.15, -0.1) is 0 Å². The minimum atomic E-state index is -4.83. The largest absolute Gasteiger partial charge is 0.419 e. The molecule has 0 N–H and O–H groups in total. The van der Waals surface area contributed by atoms with Gasteiger partial charge in [0.25, 0.3) is 0 Å². The fraction of sp³-hybridized carbons (Fsp3) is 0.500. The summed E-state index contributed by atoms with van der Waals surface area (Å²) in [5.74, 6) is -2.17. The summed E-state index contributed by atoms with van der Waals surface area (Å²) in [5.41, 5.74) is -1.65. The highest BCUT2D eigenvalue weighted by Crippen LogP contribution is 2.32. The van der Waals surface area contributed by atoms with E-state index in [-0.39, 0.29) is 18.1 Å². The van der Waals surface area contributed by atoms with Gasteiger partial charge in [-0.25, -0.2) is 4.39 Å². The second-order valence-corrected chi connectivity index (χ2v) is 4.68. The predicted molar refractivity (Wildman–Crippen MR) is 66.0 cm³/mol. The van der Waals surface area contributed by atoms with Gasteiger partial charge < -0.3 is 4.74 Å². The highest BCUT2D eigenvalue weighted by molar-refractivity contribution is 5.99. The van der Waals surface area contributed by atoms with Gasteiger partial charge in [-0.2, -0.15) is 13.2 Å². The third-order valence-electron chi connectivity index (χ3n) is 2.77. The molecule has 0 aliphatic heterocycles. The Morgan fingerprint density at radius 2 is 1.90 bits per heavy atom. The van der Waals surface area contributed by atoms with E-state index >= 15 is 0 Å². The fourth-order valence-electron chi connectivity index (χ4n) is 1.81. The summed E-state index contributed by atoms with van der Waals surface area (Å²) >= 11 is 0. The van der Waals surface area contributed by atoms with Crippen LogP contribution in [0.2, 0.25) is 0 Å². The molecule has 1 aromatic carbocycles. The first-order valence-electron chi connectivity index (χ1n) is 6.21. The van der Waals surface area contributed by atoms with Crippen molar-refractivity contribution in [3.05, 3.63) is 35.1 Å². The van der Waals surface area contributed by atoms with Crippen molar-refractivity contribution < 1.29 is 27.1 Å². The molecule has 1 aromatic rings. The van der Waals surface area contributed by atoms with Crippen molar-refractivity contribution in [2.45, 2.75) is 33.1 Å². The molecule has 1 unspecified atom stereocenters. The molecule has 0 heterocycles. The number of hydrogen-bond acceptors (Lipinski definition) is 2. The van der Waals surface area contributed by atoms with Gasteiger partial charge in [-0.05, 0) is 31.0 Å². The van der Waals surface area contributed by atoms with Gasteiger partial charge >= 0.3 is 6.18 Å². The molecule has 20 heavy (non-hydrogen) atoms. The van der Waals surface area contributed by atoms with E-state index in [1.54, 1.807) is 20.8 Å². The second kappa shape index (κ2) is 6.35. The molecule has 6 heteroatoms. The number of ether oxygens (including phenoxy) is 1. The first-order chi connectivity index (χ1) is 9.18. The Hall–Kier alpha value is -1.43. The smallest absolute Gasteiger partial charge is 0.370 e. The number of carbonyl (C=O) groups excluding carboxylic acids is 1. The summed E-state index contributed by atoms with van der Waals surface area (Å²) in [6.07, 6.45) is -5.68.